The number of piperazine rings is 1. The lowest BCUT2D eigenvalue weighted by Crippen LogP contribution is -2.53. The summed E-state index contributed by atoms with van der Waals surface area (Å²) >= 11 is 0. The minimum absolute atomic E-state index is 0.0737. The minimum atomic E-state index is -0.0737. The molecule has 0 radical (unpaired) electrons. The molecule has 0 atom stereocenters. The molecule has 2 saturated heterocycles. The summed E-state index contributed by atoms with van der Waals surface area (Å²) in [5, 5.41) is 3.32. The molecular formula is C19H28N6O2. The van der Waals surface area contributed by atoms with E-state index in [1.165, 1.54) is 4.90 Å². The average Bonchev–Trinajstić information content (AvgIpc) is 2.70. The van der Waals surface area contributed by atoms with Gasteiger partial charge in [0.05, 0.1) is 6.54 Å². The van der Waals surface area contributed by atoms with Crippen molar-refractivity contribution in [3.05, 3.63) is 24.4 Å². The fourth-order valence-corrected chi connectivity index (χ4v) is 3.42. The second-order valence-electron chi connectivity index (χ2n) is 6.69. The number of likely N-dealkylation sites (tertiary alicyclic amines) is 1. The summed E-state index contributed by atoms with van der Waals surface area (Å²) in [6.07, 6.45) is 3.41. The lowest BCUT2D eigenvalue weighted by atomic mass is 10.1. The molecule has 3 rings (SSSR count). The van der Waals surface area contributed by atoms with Crippen molar-refractivity contribution in [3.63, 3.8) is 0 Å². The minimum Gasteiger partial charge on any atom is -0.357 e. The molecule has 0 saturated carbocycles. The van der Waals surface area contributed by atoms with Gasteiger partial charge in [-0.1, -0.05) is 6.07 Å². The Balaban J connectivity index is 1.55. The van der Waals surface area contributed by atoms with Crippen molar-refractivity contribution in [3.8, 4) is 0 Å². The lowest BCUT2D eigenvalue weighted by Gasteiger charge is -2.37. The Hall–Kier alpha value is -2.64. The number of aliphatic imine (C=N–C) groups is 1. The standard InChI is InChI=1S/C19H28N6O2/c1-2-20-19(22-10-11-25-17(26)7-5-8-18(25)27)24-14-12-23(13-15-24)16-6-3-4-9-21-16/h3-4,6,9H,2,5,7-8,10-15H2,1H3,(H,20,22). The smallest absolute Gasteiger partial charge is 0.229 e. The van der Waals surface area contributed by atoms with Crippen LogP contribution in [0.15, 0.2) is 29.4 Å². The van der Waals surface area contributed by atoms with E-state index in [-0.39, 0.29) is 11.8 Å². The summed E-state index contributed by atoms with van der Waals surface area (Å²) in [4.78, 5) is 38.7. The predicted octanol–water partition coefficient (Wildman–Crippen LogP) is 0.708. The van der Waals surface area contributed by atoms with Crippen LogP contribution >= 0.6 is 0 Å². The number of nitrogens with zero attached hydrogens (tertiary/aromatic N) is 5. The Bertz CT molecular complexity index is 654. The number of carbonyl (C=O) groups is 2. The Labute approximate surface area is 160 Å². The number of imide groups is 1. The third-order valence-electron chi connectivity index (χ3n) is 4.86. The molecule has 2 aliphatic heterocycles. The van der Waals surface area contributed by atoms with Crippen LogP contribution in [0.3, 0.4) is 0 Å². The van der Waals surface area contributed by atoms with Gasteiger partial charge in [-0.15, -0.1) is 0 Å². The van der Waals surface area contributed by atoms with Crippen molar-refractivity contribution >= 4 is 23.6 Å². The van der Waals surface area contributed by atoms with Gasteiger partial charge in [0.2, 0.25) is 11.8 Å². The zero-order valence-corrected chi connectivity index (χ0v) is 15.9. The Morgan fingerprint density at radius 1 is 1.15 bits per heavy atom. The van der Waals surface area contributed by atoms with E-state index in [1.54, 1.807) is 0 Å². The molecule has 8 heteroatoms. The number of pyridine rings is 1. The van der Waals surface area contributed by atoms with Crippen LogP contribution in [0, 0.1) is 0 Å². The molecule has 8 nitrogen and oxygen atoms in total. The molecule has 2 fully saturated rings. The fourth-order valence-electron chi connectivity index (χ4n) is 3.42. The second-order valence-corrected chi connectivity index (χ2v) is 6.69. The fraction of sp³-hybridized carbons (Fsp3) is 0.579. The van der Waals surface area contributed by atoms with Crippen molar-refractivity contribution < 1.29 is 9.59 Å². The molecule has 2 aliphatic rings. The highest BCUT2D eigenvalue weighted by atomic mass is 16.2. The van der Waals surface area contributed by atoms with E-state index in [4.69, 9.17) is 0 Å². The number of carbonyl (C=O) groups excluding carboxylic acids is 2. The van der Waals surface area contributed by atoms with Crippen molar-refractivity contribution in [1.29, 1.82) is 0 Å². The van der Waals surface area contributed by atoms with E-state index in [0.29, 0.717) is 32.4 Å². The molecule has 3 heterocycles. The molecule has 146 valence electrons. The molecule has 0 aliphatic carbocycles. The first-order chi connectivity index (χ1) is 13.2. The molecule has 2 amide bonds. The number of guanidine groups is 1. The van der Waals surface area contributed by atoms with Crippen LogP contribution in [0.1, 0.15) is 26.2 Å². The van der Waals surface area contributed by atoms with E-state index >= 15 is 0 Å². The van der Waals surface area contributed by atoms with E-state index in [0.717, 1.165) is 44.5 Å². The molecule has 1 N–H and O–H groups in total. The molecule has 1 aromatic rings. The number of nitrogens with one attached hydrogen (secondary N) is 1. The van der Waals surface area contributed by atoms with Gasteiger partial charge in [0.15, 0.2) is 5.96 Å². The van der Waals surface area contributed by atoms with E-state index in [2.05, 4.69) is 25.1 Å². The van der Waals surface area contributed by atoms with E-state index < -0.39 is 0 Å². The summed E-state index contributed by atoms with van der Waals surface area (Å²) in [7, 11) is 0. The number of aromatic nitrogens is 1. The van der Waals surface area contributed by atoms with Gasteiger partial charge in [-0.05, 0) is 25.5 Å². The number of anilines is 1. The third-order valence-corrected chi connectivity index (χ3v) is 4.86. The first-order valence-corrected chi connectivity index (χ1v) is 9.71. The zero-order chi connectivity index (χ0) is 19.1. The summed E-state index contributed by atoms with van der Waals surface area (Å²) in [5.74, 6) is 1.70. The third kappa shape index (κ3) is 4.96. The molecule has 27 heavy (non-hydrogen) atoms. The van der Waals surface area contributed by atoms with Gasteiger partial charge >= 0.3 is 0 Å². The van der Waals surface area contributed by atoms with Crippen LogP contribution in [0.2, 0.25) is 0 Å². The van der Waals surface area contributed by atoms with Crippen LogP contribution in [0.5, 0.6) is 0 Å². The van der Waals surface area contributed by atoms with Gasteiger partial charge in [-0.2, -0.15) is 0 Å². The molecule has 0 unspecified atom stereocenters. The molecular weight excluding hydrogens is 344 g/mol. The van der Waals surface area contributed by atoms with Crippen LogP contribution in [0.4, 0.5) is 5.82 Å². The first-order valence-electron chi connectivity index (χ1n) is 9.71. The predicted molar refractivity (Wildman–Crippen MR) is 105 cm³/mol. The zero-order valence-electron chi connectivity index (χ0n) is 15.9. The molecule has 1 aromatic heterocycles. The van der Waals surface area contributed by atoms with Gasteiger partial charge in [-0.25, -0.2) is 4.98 Å². The van der Waals surface area contributed by atoms with Crippen molar-refractivity contribution in [2.24, 2.45) is 4.99 Å². The van der Waals surface area contributed by atoms with Crippen LogP contribution in [-0.4, -0.2) is 78.4 Å². The number of amides is 2. The topological polar surface area (TPSA) is 81.1 Å². The Kier molecular flexibility index (Phi) is 6.62. The summed E-state index contributed by atoms with van der Waals surface area (Å²) < 4.78 is 0. The summed E-state index contributed by atoms with van der Waals surface area (Å²) in [6.45, 7) is 7.07. The van der Waals surface area contributed by atoms with Gasteiger partial charge in [-0.3, -0.25) is 19.5 Å². The van der Waals surface area contributed by atoms with Crippen LogP contribution < -0.4 is 10.2 Å². The van der Waals surface area contributed by atoms with Crippen molar-refractivity contribution in [2.45, 2.75) is 26.2 Å². The largest absolute Gasteiger partial charge is 0.357 e. The highest BCUT2D eigenvalue weighted by Gasteiger charge is 2.25. The average molecular weight is 372 g/mol. The van der Waals surface area contributed by atoms with Gasteiger partial charge in [0.1, 0.15) is 5.82 Å². The Morgan fingerprint density at radius 3 is 2.52 bits per heavy atom. The highest BCUT2D eigenvalue weighted by Crippen LogP contribution is 2.13. The molecule has 0 aromatic carbocycles. The van der Waals surface area contributed by atoms with Crippen molar-refractivity contribution in [2.75, 3.05) is 50.7 Å². The highest BCUT2D eigenvalue weighted by molar-refractivity contribution is 5.97. The maximum Gasteiger partial charge on any atom is 0.229 e. The maximum absolute atomic E-state index is 11.9. The number of hydrogen-bond acceptors (Lipinski definition) is 5. The van der Waals surface area contributed by atoms with E-state index in [1.807, 2.05) is 31.3 Å². The van der Waals surface area contributed by atoms with Crippen molar-refractivity contribution in [1.82, 2.24) is 20.1 Å². The summed E-state index contributed by atoms with van der Waals surface area (Å²) in [6, 6.07) is 5.96. The van der Waals surface area contributed by atoms with Gasteiger partial charge in [0, 0.05) is 58.3 Å². The second kappa shape index (κ2) is 9.34. The number of rotatable bonds is 5. The molecule has 0 bridgehead atoms. The normalized spacial score (nSPS) is 18.9. The monoisotopic (exact) mass is 372 g/mol. The Morgan fingerprint density at radius 2 is 1.89 bits per heavy atom. The van der Waals surface area contributed by atoms with Crippen LogP contribution in [-0.2, 0) is 9.59 Å². The summed E-state index contributed by atoms with van der Waals surface area (Å²) in [5.41, 5.74) is 0. The SMILES string of the molecule is CCNC(=NCCN1C(=O)CCCC1=O)N1CCN(c2ccccn2)CC1. The van der Waals surface area contributed by atoms with Crippen LogP contribution in [0.25, 0.3) is 0 Å². The van der Waals surface area contributed by atoms with Gasteiger partial charge in [0.25, 0.3) is 0 Å². The first kappa shape index (κ1) is 19.1. The maximum atomic E-state index is 11.9. The quantitative estimate of drug-likeness (QED) is 0.466. The molecule has 0 spiro atoms. The lowest BCUT2D eigenvalue weighted by molar-refractivity contribution is -0.147. The number of hydrogen-bond donors (Lipinski definition) is 1. The van der Waals surface area contributed by atoms with Gasteiger partial charge < -0.3 is 15.1 Å². The van der Waals surface area contributed by atoms with E-state index in [9.17, 15) is 9.59 Å². The number of piperidine rings is 1.